The summed E-state index contributed by atoms with van der Waals surface area (Å²) in [7, 11) is 1.67. The van der Waals surface area contributed by atoms with Crippen LogP contribution >= 0.6 is 11.8 Å². The molecule has 0 aliphatic carbocycles. The van der Waals surface area contributed by atoms with Crippen LogP contribution in [0.1, 0.15) is 19.4 Å². The fraction of sp³-hybridized carbons (Fsp3) is 0.600. The lowest BCUT2D eigenvalue weighted by molar-refractivity contribution is 0.0820. The number of thioether (sulfide) groups is 1. The Labute approximate surface area is 120 Å². The molecule has 1 aromatic rings. The van der Waals surface area contributed by atoms with Gasteiger partial charge in [0.25, 0.3) is 0 Å². The van der Waals surface area contributed by atoms with Crippen molar-refractivity contribution in [1.29, 1.82) is 0 Å². The molecule has 0 fully saturated rings. The van der Waals surface area contributed by atoms with E-state index in [0.717, 1.165) is 17.9 Å². The monoisotopic (exact) mass is 283 g/mol. The van der Waals surface area contributed by atoms with E-state index >= 15 is 0 Å². The summed E-state index contributed by atoms with van der Waals surface area (Å²) >= 11 is 1.66. The Morgan fingerprint density at radius 1 is 1.37 bits per heavy atom. The molecule has 0 aromatic heterocycles. The summed E-state index contributed by atoms with van der Waals surface area (Å²) in [6.07, 6.45) is 2.95. The van der Waals surface area contributed by atoms with Crippen molar-refractivity contribution in [3.05, 3.63) is 29.8 Å². The van der Waals surface area contributed by atoms with E-state index in [1.165, 1.54) is 5.56 Å². The van der Waals surface area contributed by atoms with Gasteiger partial charge in [0.1, 0.15) is 5.75 Å². The number of ether oxygens (including phenoxy) is 1. The van der Waals surface area contributed by atoms with E-state index in [2.05, 4.69) is 24.4 Å². The molecule has 0 heterocycles. The molecule has 0 aliphatic heterocycles. The largest absolute Gasteiger partial charge is 0.497 e. The molecule has 2 atom stereocenters. The van der Waals surface area contributed by atoms with Gasteiger partial charge in [0.15, 0.2) is 0 Å². The summed E-state index contributed by atoms with van der Waals surface area (Å²) in [6.45, 7) is 4.63. The molecular formula is C15H25NO2S. The van der Waals surface area contributed by atoms with Crippen molar-refractivity contribution in [2.75, 3.05) is 25.7 Å². The second-order valence-electron chi connectivity index (χ2n) is 5.26. The Bertz CT molecular complexity index is 365. The van der Waals surface area contributed by atoms with Gasteiger partial charge in [-0.15, -0.1) is 0 Å². The van der Waals surface area contributed by atoms with Gasteiger partial charge in [-0.1, -0.05) is 12.1 Å². The summed E-state index contributed by atoms with van der Waals surface area (Å²) in [6, 6.07) is 8.45. The van der Waals surface area contributed by atoms with Crippen molar-refractivity contribution in [3.8, 4) is 5.75 Å². The zero-order valence-electron chi connectivity index (χ0n) is 12.3. The molecule has 0 spiro atoms. The van der Waals surface area contributed by atoms with Gasteiger partial charge in [0.2, 0.25) is 0 Å². The molecular weight excluding hydrogens is 258 g/mol. The second-order valence-corrected chi connectivity index (χ2v) is 6.13. The molecule has 19 heavy (non-hydrogen) atoms. The quantitative estimate of drug-likeness (QED) is 0.768. The highest BCUT2D eigenvalue weighted by atomic mass is 32.2. The second kappa shape index (κ2) is 7.78. The molecule has 4 heteroatoms. The SMILES string of the molecule is COc1ccc(CC(C)NCC(C)(O)CSC)cc1. The number of methoxy groups -OCH3 is 1. The van der Waals surface area contributed by atoms with E-state index in [9.17, 15) is 5.11 Å². The fourth-order valence-electron chi connectivity index (χ4n) is 1.94. The van der Waals surface area contributed by atoms with Gasteiger partial charge in [-0.25, -0.2) is 0 Å². The van der Waals surface area contributed by atoms with Gasteiger partial charge in [-0.05, 0) is 44.2 Å². The van der Waals surface area contributed by atoms with Crippen molar-refractivity contribution in [1.82, 2.24) is 5.32 Å². The average molecular weight is 283 g/mol. The first-order chi connectivity index (χ1) is 8.96. The third kappa shape index (κ3) is 6.32. The molecule has 3 nitrogen and oxygen atoms in total. The van der Waals surface area contributed by atoms with Gasteiger partial charge < -0.3 is 15.2 Å². The van der Waals surface area contributed by atoms with E-state index < -0.39 is 5.60 Å². The van der Waals surface area contributed by atoms with E-state index in [1.807, 2.05) is 25.3 Å². The lowest BCUT2D eigenvalue weighted by atomic mass is 10.1. The summed E-state index contributed by atoms with van der Waals surface area (Å²) in [5.41, 5.74) is 0.624. The maximum atomic E-state index is 10.1. The van der Waals surface area contributed by atoms with Crippen molar-refractivity contribution >= 4 is 11.8 Å². The van der Waals surface area contributed by atoms with Crippen molar-refractivity contribution in [3.63, 3.8) is 0 Å². The molecule has 0 radical (unpaired) electrons. The third-order valence-corrected chi connectivity index (χ3v) is 3.90. The van der Waals surface area contributed by atoms with Crippen LogP contribution in [0.3, 0.4) is 0 Å². The molecule has 0 saturated carbocycles. The summed E-state index contributed by atoms with van der Waals surface area (Å²) < 4.78 is 5.14. The molecule has 1 rings (SSSR count). The average Bonchev–Trinajstić information content (AvgIpc) is 2.37. The van der Waals surface area contributed by atoms with Crippen LogP contribution in [0.2, 0.25) is 0 Å². The smallest absolute Gasteiger partial charge is 0.118 e. The molecule has 108 valence electrons. The van der Waals surface area contributed by atoms with Crippen molar-refractivity contribution in [2.24, 2.45) is 0 Å². The summed E-state index contributed by atoms with van der Waals surface area (Å²) in [5, 5.41) is 13.5. The molecule has 1 aromatic carbocycles. The van der Waals surface area contributed by atoms with Crippen LogP contribution in [-0.2, 0) is 6.42 Å². The lowest BCUT2D eigenvalue weighted by Crippen LogP contribution is -2.43. The van der Waals surface area contributed by atoms with Gasteiger partial charge in [-0.3, -0.25) is 0 Å². The Hall–Kier alpha value is -0.710. The van der Waals surface area contributed by atoms with Gasteiger partial charge in [0, 0.05) is 18.3 Å². The number of benzene rings is 1. The topological polar surface area (TPSA) is 41.5 Å². The summed E-state index contributed by atoms with van der Waals surface area (Å²) in [4.78, 5) is 0. The first kappa shape index (κ1) is 16.3. The van der Waals surface area contributed by atoms with Crippen LogP contribution < -0.4 is 10.1 Å². The van der Waals surface area contributed by atoms with E-state index in [4.69, 9.17) is 4.74 Å². The lowest BCUT2D eigenvalue weighted by Gasteiger charge is -2.25. The first-order valence-electron chi connectivity index (χ1n) is 6.54. The van der Waals surface area contributed by atoms with Crippen molar-refractivity contribution in [2.45, 2.75) is 31.9 Å². The van der Waals surface area contributed by atoms with Gasteiger partial charge in [-0.2, -0.15) is 11.8 Å². The minimum absolute atomic E-state index is 0.335. The molecule has 0 amide bonds. The zero-order chi connectivity index (χ0) is 14.3. The number of nitrogens with one attached hydrogen (secondary N) is 1. The maximum Gasteiger partial charge on any atom is 0.118 e. The van der Waals surface area contributed by atoms with Gasteiger partial charge >= 0.3 is 0 Å². The highest BCUT2D eigenvalue weighted by Crippen LogP contribution is 2.13. The van der Waals surface area contributed by atoms with E-state index in [0.29, 0.717) is 12.6 Å². The fourth-order valence-corrected chi connectivity index (χ4v) is 2.67. The number of rotatable bonds is 8. The maximum absolute atomic E-state index is 10.1. The van der Waals surface area contributed by atoms with Crippen LogP contribution in [0.5, 0.6) is 5.75 Å². The molecule has 2 N–H and O–H groups in total. The minimum Gasteiger partial charge on any atom is -0.497 e. The van der Waals surface area contributed by atoms with Crippen LogP contribution in [0.25, 0.3) is 0 Å². The number of aliphatic hydroxyl groups is 1. The standard InChI is InChI=1S/C15H25NO2S/c1-12(16-10-15(2,17)11-19-4)9-13-5-7-14(18-3)8-6-13/h5-8,12,16-17H,9-11H2,1-4H3. The normalized spacial score (nSPS) is 15.8. The molecule has 0 saturated heterocycles. The Balaban J connectivity index is 2.39. The Morgan fingerprint density at radius 2 is 2.00 bits per heavy atom. The first-order valence-corrected chi connectivity index (χ1v) is 7.94. The summed E-state index contributed by atoms with van der Waals surface area (Å²) in [5.74, 6) is 1.63. The van der Waals surface area contributed by atoms with Gasteiger partial charge in [0.05, 0.1) is 12.7 Å². The predicted octanol–water partition coefficient (Wildman–Crippen LogP) is 2.33. The zero-order valence-corrected chi connectivity index (χ0v) is 13.1. The van der Waals surface area contributed by atoms with Crippen molar-refractivity contribution < 1.29 is 9.84 Å². The van der Waals surface area contributed by atoms with E-state index in [1.54, 1.807) is 18.9 Å². The van der Waals surface area contributed by atoms with Crippen LogP contribution in [0.15, 0.2) is 24.3 Å². The number of hydrogen-bond acceptors (Lipinski definition) is 4. The Morgan fingerprint density at radius 3 is 2.53 bits per heavy atom. The molecule has 2 unspecified atom stereocenters. The molecule has 0 aliphatic rings. The van der Waals surface area contributed by atoms with Crippen LogP contribution in [0, 0.1) is 0 Å². The van der Waals surface area contributed by atoms with E-state index in [-0.39, 0.29) is 0 Å². The van der Waals surface area contributed by atoms with Crippen LogP contribution in [0.4, 0.5) is 0 Å². The predicted molar refractivity (Wildman–Crippen MR) is 83.2 cm³/mol. The van der Waals surface area contributed by atoms with Crippen LogP contribution in [-0.4, -0.2) is 42.4 Å². The Kier molecular flexibility index (Phi) is 6.69. The minimum atomic E-state index is -0.645. The third-order valence-electron chi connectivity index (χ3n) is 2.99. The highest BCUT2D eigenvalue weighted by Gasteiger charge is 2.20. The highest BCUT2D eigenvalue weighted by molar-refractivity contribution is 7.98. The number of hydrogen-bond donors (Lipinski definition) is 2. The molecule has 0 bridgehead atoms.